The van der Waals surface area contributed by atoms with Crippen molar-refractivity contribution in [2.75, 3.05) is 40.9 Å². The summed E-state index contributed by atoms with van der Waals surface area (Å²) in [4.78, 5) is 15.0. The predicted octanol–water partition coefficient (Wildman–Crippen LogP) is 2.76. The quantitative estimate of drug-likeness (QED) is 0.923. The van der Waals surface area contributed by atoms with Crippen molar-refractivity contribution < 1.29 is 14.3 Å². The molecule has 1 saturated heterocycles. The Balaban J connectivity index is 1.79. The monoisotopic (exact) mass is 352 g/mol. The molecule has 0 saturated carbocycles. The molecule has 2 aromatic carbocycles. The SMILES string of the molecule is COc1ccc(-c2ccc3c(c2)C(=O)NC[C@@H]2CN(C)C[C@@H]32)c(OC)c1. The van der Waals surface area contributed by atoms with Crippen molar-refractivity contribution >= 4 is 5.91 Å². The summed E-state index contributed by atoms with van der Waals surface area (Å²) in [6, 6.07) is 12.0. The van der Waals surface area contributed by atoms with Crippen LogP contribution in [0.4, 0.5) is 0 Å². The summed E-state index contributed by atoms with van der Waals surface area (Å²) in [5.74, 6) is 2.38. The molecular weight excluding hydrogens is 328 g/mol. The fourth-order valence-corrected chi connectivity index (χ4v) is 4.25. The molecule has 0 aliphatic carbocycles. The fraction of sp³-hybridized carbons (Fsp3) is 0.381. The number of fused-ring (bicyclic) bond motifs is 3. The molecule has 4 rings (SSSR count). The zero-order valence-corrected chi connectivity index (χ0v) is 15.4. The summed E-state index contributed by atoms with van der Waals surface area (Å²) >= 11 is 0. The van der Waals surface area contributed by atoms with Crippen molar-refractivity contribution in [3.63, 3.8) is 0 Å². The molecule has 0 spiro atoms. The molecule has 5 heteroatoms. The van der Waals surface area contributed by atoms with E-state index in [9.17, 15) is 4.79 Å². The molecule has 0 bridgehead atoms. The minimum atomic E-state index is 0.0198. The van der Waals surface area contributed by atoms with E-state index in [-0.39, 0.29) is 5.91 Å². The molecule has 0 aromatic heterocycles. The van der Waals surface area contributed by atoms with E-state index in [1.807, 2.05) is 24.3 Å². The largest absolute Gasteiger partial charge is 0.497 e. The molecule has 1 N–H and O–H groups in total. The summed E-state index contributed by atoms with van der Waals surface area (Å²) in [5.41, 5.74) is 3.87. The maximum Gasteiger partial charge on any atom is 0.251 e. The number of rotatable bonds is 3. The summed E-state index contributed by atoms with van der Waals surface area (Å²) in [5, 5.41) is 3.10. The number of nitrogens with zero attached hydrogens (tertiary/aromatic N) is 1. The van der Waals surface area contributed by atoms with Crippen LogP contribution < -0.4 is 14.8 Å². The van der Waals surface area contributed by atoms with E-state index in [0.29, 0.717) is 11.8 Å². The Morgan fingerprint density at radius 2 is 1.88 bits per heavy atom. The smallest absolute Gasteiger partial charge is 0.251 e. The molecule has 2 aliphatic rings. The molecule has 0 radical (unpaired) electrons. The van der Waals surface area contributed by atoms with E-state index >= 15 is 0 Å². The molecule has 136 valence electrons. The van der Waals surface area contributed by atoms with Crippen LogP contribution in [0.2, 0.25) is 0 Å². The number of benzene rings is 2. The number of hydrogen-bond acceptors (Lipinski definition) is 4. The molecule has 2 aliphatic heterocycles. The zero-order valence-electron chi connectivity index (χ0n) is 15.4. The summed E-state index contributed by atoms with van der Waals surface area (Å²) in [7, 11) is 5.43. The maximum atomic E-state index is 12.7. The number of ether oxygens (including phenoxy) is 2. The van der Waals surface area contributed by atoms with Gasteiger partial charge in [-0.25, -0.2) is 0 Å². The first-order valence-electron chi connectivity index (χ1n) is 8.93. The standard InChI is InChI=1S/C21H24N2O3/c1-23-11-14-10-22-21(24)18-8-13(4-6-17(18)19(14)12-23)16-7-5-15(25-2)9-20(16)26-3/h4-9,14,19H,10-12H2,1-3H3,(H,22,24)/t14-,19-/m1/s1. The van der Waals surface area contributed by atoms with Crippen LogP contribution in [0.5, 0.6) is 11.5 Å². The molecule has 1 fully saturated rings. The lowest BCUT2D eigenvalue weighted by Gasteiger charge is -2.17. The molecule has 0 unspecified atom stereocenters. The van der Waals surface area contributed by atoms with Gasteiger partial charge in [0.25, 0.3) is 5.91 Å². The van der Waals surface area contributed by atoms with Gasteiger partial charge in [0.2, 0.25) is 0 Å². The van der Waals surface area contributed by atoms with E-state index in [0.717, 1.165) is 53.4 Å². The third kappa shape index (κ3) is 2.82. The normalized spacial score (nSPS) is 22.2. The molecule has 1 amide bonds. The Kier molecular flexibility index (Phi) is 4.32. The van der Waals surface area contributed by atoms with Gasteiger partial charge in [0, 0.05) is 42.7 Å². The van der Waals surface area contributed by atoms with Gasteiger partial charge < -0.3 is 19.7 Å². The Morgan fingerprint density at radius 1 is 1.04 bits per heavy atom. The number of carbonyl (C=O) groups excluding carboxylic acids is 1. The van der Waals surface area contributed by atoms with Gasteiger partial charge in [-0.05, 0) is 42.3 Å². The second-order valence-electron chi connectivity index (χ2n) is 7.17. The van der Waals surface area contributed by atoms with Gasteiger partial charge >= 0.3 is 0 Å². The number of likely N-dealkylation sites (tertiary alicyclic amines) is 1. The van der Waals surface area contributed by atoms with Crippen molar-refractivity contribution in [2.45, 2.75) is 5.92 Å². The Bertz CT molecular complexity index is 849. The van der Waals surface area contributed by atoms with E-state index in [1.165, 1.54) is 0 Å². The van der Waals surface area contributed by atoms with E-state index < -0.39 is 0 Å². The van der Waals surface area contributed by atoms with Crippen LogP contribution in [0.1, 0.15) is 21.8 Å². The van der Waals surface area contributed by atoms with Gasteiger partial charge in [0.1, 0.15) is 11.5 Å². The number of carbonyl (C=O) groups is 1. The summed E-state index contributed by atoms with van der Waals surface area (Å²) < 4.78 is 10.8. The fourth-order valence-electron chi connectivity index (χ4n) is 4.25. The average Bonchev–Trinajstić information content (AvgIpc) is 2.99. The van der Waals surface area contributed by atoms with Gasteiger partial charge in [0.05, 0.1) is 14.2 Å². The van der Waals surface area contributed by atoms with E-state index in [1.54, 1.807) is 14.2 Å². The van der Waals surface area contributed by atoms with Crippen molar-refractivity contribution in [1.82, 2.24) is 10.2 Å². The second kappa shape index (κ2) is 6.65. The highest BCUT2D eigenvalue weighted by Crippen LogP contribution is 2.39. The van der Waals surface area contributed by atoms with E-state index in [2.05, 4.69) is 29.4 Å². The van der Waals surface area contributed by atoms with Gasteiger partial charge in [0.15, 0.2) is 0 Å². The lowest BCUT2D eigenvalue weighted by molar-refractivity contribution is 0.0951. The summed E-state index contributed by atoms with van der Waals surface area (Å²) in [6.07, 6.45) is 0. The minimum Gasteiger partial charge on any atom is -0.497 e. The van der Waals surface area contributed by atoms with Crippen molar-refractivity contribution in [2.24, 2.45) is 5.92 Å². The summed E-state index contributed by atoms with van der Waals surface area (Å²) in [6.45, 7) is 2.76. The van der Waals surface area contributed by atoms with E-state index in [4.69, 9.17) is 9.47 Å². The van der Waals surface area contributed by atoms with Gasteiger partial charge in [-0.3, -0.25) is 4.79 Å². The second-order valence-corrected chi connectivity index (χ2v) is 7.17. The van der Waals surface area contributed by atoms with Crippen LogP contribution in [-0.2, 0) is 0 Å². The first-order chi connectivity index (χ1) is 12.6. The van der Waals surface area contributed by atoms with Gasteiger partial charge in [-0.2, -0.15) is 0 Å². The van der Waals surface area contributed by atoms with Crippen molar-refractivity contribution in [3.8, 4) is 22.6 Å². The van der Waals surface area contributed by atoms with Crippen LogP contribution >= 0.6 is 0 Å². The van der Waals surface area contributed by atoms with Gasteiger partial charge in [-0.15, -0.1) is 0 Å². The van der Waals surface area contributed by atoms with Crippen LogP contribution in [-0.4, -0.2) is 51.7 Å². The Labute approximate surface area is 153 Å². The van der Waals surface area contributed by atoms with Crippen LogP contribution in [0.3, 0.4) is 0 Å². The number of likely N-dealkylation sites (N-methyl/N-ethyl adjacent to an activating group) is 1. The maximum absolute atomic E-state index is 12.7. The third-order valence-corrected chi connectivity index (χ3v) is 5.57. The molecule has 2 aromatic rings. The number of nitrogens with one attached hydrogen (secondary N) is 1. The molecule has 26 heavy (non-hydrogen) atoms. The highest BCUT2D eigenvalue weighted by Gasteiger charge is 2.36. The number of amides is 1. The number of hydrogen-bond donors (Lipinski definition) is 1. The van der Waals surface area contributed by atoms with Crippen molar-refractivity contribution in [3.05, 3.63) is 47.5 Å². The van der Waals surface area contributed by atoms with Crippen LogP contribution in [0.25, 0.3) is 11.1 Å². The zero-order chi connectivity index (χ0) is 18.3. The highest BCUT2D eigenvalue weighted by atomic mass is 16.5. The minimum absolute atomic E-state index is 0.0198. The molecule has 2 heterocycles. The van der Waals surface area contributed by atoms with Gasteiger partial charge in [-0.1, -0.05) is 12.1 Å². The average molecular weight is 352 g/mol. The van der Waals surface area contributed by atoms with Crippen LogP contribution in [0.15, 0.2) is 36.4 Å². The lowest BCUT2D eigenvalue weighted by atomic mass is 9.86. The lowest BCUT2D eigenvalue weighted by Crippen LogP contribution is -2.29. The van der Waals surface area contributed by atoms with Crippen LogP contribution in [0, 0.1) is 5.92 Å². The van der Waals surface area contributed by atoms with Crippen molar-refractivity contribution in [1.29, 1.82) is 0 Å². The topological polar surface area (TPSA) is 50.8 Å². The Hall–Kier alpha value is -2.53. The molecular formula is C21H24N2O3. The highest BCUT2D eigenvalue weighted by molar-refractivity contribution is 5.98. The number of methoxy groups -OCH3 is 2. The molecule has 2 atom stereocenters. The Morgan fingerprint density at radius 3 is 2.65 bits per heavy atom. The first-order valence-corrected chi connectivity index (χ1v) is 8.93. The third-order valence-electron chi connectivity index (χ3n) is 5.57. The predicted molar refractivity (Wildman–Crippen MR) is 101 cm³/mol. The molecule has 5 nitrogen and oxygen atoms in total. The first kappa shape index (κ1) is 16.9.